The summed E-state index contributed by atoms with van der Waals surface area (Å²) in [4.78, 5) is 29.3. The minimum Gasteiger partial charge on any atom is -0.461 e. The van der Waals surface area contributed by atoms with Gasteiger partial charge in [0.05, 0.1) is 12.7 Å². The van der Waals surface area contributed by atoms with Crippen LogP contribution in [0.25, 0.3) is 0 Å². The minimum absolute atomic E-state index is 0.196. The molecule has 1 fully saturated rings. The third kappa shape index (κ3) is 3.30. The number of hydrogen-bond acceptors (Lipinski definition) is 6. The molecule has 0 aliphatic carbocycles. The number of aromatic nitrogens is 1. The fourth-order valence-corrected chi connectivity index (χ4v) is 2.57. The van der Waals surface area contributed by atoms with Crippen LogP contribution in [0.1, 0.15) is 40.1 Å². The van der Waals surface area contributed by atoms with E-state index in [0.717, 1.165) is 11.3 Å². The monoisotopic (exact) mass is 284 g/mol. The zero-order chi connectivity index (χ0) is 13.8. The first-order valence-corrected chi connectivity index (χ1v) is 7.09. The lowest BCUT2D eigenvalue weighted by Crippen LogP contribution is -2.40. The van der Waals surface area contributed by atoms with E-state index in [9.17, 15) is 14.7 Å². The molecule has 1 amide bonds. The van der Waals surface area contributed by atoms with Crippen molar-refractivity contribution in [2.24, 2.45) is 0 Å². The van der Waals surface area contributed by atoms with Gasteiger partial charge in [-0.25, -0.2) is 9.78 Å². The maximum Gasteiger partial charge on any atom is 0.367 e. The van der Waals surface area contributed by atoms with Crippen LogP contribution in [0.2, 0.25) is 0 Å². The Labute approximate surface area is 115 Å². The van der Waals surface area contributed by atoms with Crippen LogP contribution in [0, 0.1) is 0 Å². The predicted octanol–water partition coefficient (Wildman–Crippen LogP) is 0.917. The number of amides is 1. The van der Waals surface area contributed by atoms with Gasteiger partial charge in [0.1, 0.15) is 5.69 Å². The summed E-state index contributed by atoms with van der Waals surface area (Å²) < 4.78 is 4.83. The number of nitrogens with zero attached hydrogens (tertiary/aromatic N) is 2. The number of esters is 1. The summed E-state index contributed by atoms with van der Waals surface area (Å²) in [6, 6.07) is 0. The maximum absolute atomic E-state index is 12.1. The number of likely N-dealkylation sites (tertiary alicyclic amines) is 1. The normalized spacial score (nSPS) is 16.4. The van der Waals surface area contributed by atoms with E-state index >= 15 is 0 Å². The van der Waals surface area contributed by atoms with Gasteiger partial charge in [-0.05, 0) is 19.8 Å². The SMILES string of the molecule is CCOC(=O)c1nc(C(=O)N2CCC(O)CC2)cs1. The molecule has 2 heterocycles. The van der Waals surface area contributed by atoms with Gasteiger partial charge >= 0.3 is 5.97 Å². The summed E-state index contributed by atoms with van der Waals surface area (Å²) in [7, 11) is 0. The number of hydrogen-bond donors (Lipinski definition) is 1. The molecule has 2 rings (SSSR count). The van der Waals surface area contributed by atoms with Crippen LogP contribution in [0.5, 0.6) is 0 Å². The molecule has 0 aromatic carbocycles. The molecule has 0 saturated carbocycles. The average molecular weight is 284 g/mol. The number of carbonyl (C=O) groups is 2. The maximum atomic E-state index is 12.1. The fraction of sp³-hybridized carbons (Fsp3) is 0.583. The van der Waals surface area contributed by atoms with Crippen molar-refractivity contribution >= 4 is 23.2 Å². The zero-order valence-corrected chi connectivity index (χ0v) is 11.5. The Hall–Kier alpha value is -1.47. The van der Waals surface area contributed by atoms with Crippen LogP contribution < -0.4 is 0 Å². The highest BCUT2D eigenvalue weighted by molar-refractivity contribution is 7.11. The van der Waals surface area contributed by atoms with E-state index in [1.54, 1.807) is 17.2 Å². The summed E-state index contributed by atoms with van der Waals surface area (Å²) in [5, 5.41) is 11.2. The molecule has 1 saturated heterocycles. The van der Waals surface area contributed by atoms with Gasteiger partial charge < -0.3 is 14.7 Å². The topological polar surface area (TPSA) is 79.7 Å². The highest BCUT2D eigenvalue weighted by atomic mass is 32.1. The summed E-state index contributed by atoms with van der Waals surface area (Å²) >= 11 is 1.11. The smallest absolute Gasteiger partial charge is 0.367 e. The second-order valence-corrected chi connectivity index (χ2v) is 5.14. The molecule has 1 aliphatic rings. The molecular weight excluding hydrogens is 268 g/mol. The minimum atomic E-state index is -0.499. The van der Waals surface area contributed by atoms with Crippen molar-refractivity contribution < 1.29 is 19.4 Å². The Balaban J connectivity index is 2.02. The third-order valence-electron chi connectivity index (χ3n) is 2.93. The van der Waals surface area contributed by atoms with Crippen LogP contribution in [-0.2, 0) is 4.74 Å². The number of aliphatic hydroxyl groups is 1. The largest absolute Gasteiger partial charge is 0.461 e. The van der Waals surface area contributed by atoms with Crippen molar-refractivity contribution in [1.82, 2.24) is 9.88 Å². The quantitative estimate of drug-likeness (QED) is 0.835. The highest BCUT2D eigenvalue weighted by Crippen LogP contribution is 2.16. The van der Waals surface area contributed by atoms with E-state index in [4.69, 9.17) is 4.74 Å². The Morgan fingerprint density at radius 1 is 1.53 bits per heavy atom. The van der Waals surface area contributed by atoms with Crippen LogP contribution in [0.15, 0.2) is 5.38 Å². The van der Waals surface area contributed by atoms with Crippen molar-refractivity contribution in [2.75, 3.05) is 19.7 Å². The summed E-state index contributed by atoms with van der Waals surface area (Å²) in [6.07, 6.45) is 0.843. The standard InChI is InChI=1S/C12H16N2O4S/c1-2-18-12(17)10-13-9(7-19-10)11(16)14-5-3-8(15)4-6-14/h7-8,15H,2-6H2,1H3. The van der Waals surface area contributed by atoms with E-state index in [1.807, 2.05) is 0 Å². The molecule has 0 bridgehead atoms. The first-order valence-electron chi connectivity index (χ1n) is 6.21. The summed E-state index contributed by atoms with van der Waals surface area (Å²) in [6.45, 7) is 3.04. The molecule has 7 heteroatoms. The fourth-order valence-electron chi connectivity index (χ4n) is 1.89. The van der Waals surface area contributed by atoms with E-state index in [-0.39, 0.29) is 29.3 Å². The van der Waals surface area contributed by atoms with Crippen LogP contribution in [0.4, 0.5) is 0 Å². The number of thiazole rings is 1. The van der Waals surface area contributed by atoms with Gasteiger partial charge in [0, 0.05) is 18.5 Å². The second kappa shape index (κ2) is 6.12. The van der Waals surface area contributed by atoms with E-state index in [2.05, 4.69) is 4.98 Å². The molecule has 19 heavy (non-hydrogen) atoms. The van der Waals surface area contributed by atoms with Gasteiger partial charge in [-0.2, -0.15) is 0 Å². The molecule has 0 unspecified atom stereocenters. The van der Waals surface area contributed by atoms with Gasteiger partial charge in [-0.3, -0.25) is 4.79 Å². The molecular formula is C12H16N2O4S. The van der Waals surface area contributed by atoms with E-state index in [1.165, 1.54) is 0 Å². The Morgan fingerprint density at radius 2 is 2.21 bits per heavy atom. The molecule has 0 atom stereocenters. The lowest BCUT2D eigenvalue weighted by Gasteiger charge is -2.28. The van der Waals surface area contributed by atoms with E-state index < -0.39 is 5.97 Å². The third-order valence-corrected chi connectivity index (χ3v) is 3.75. The number of carbonyl (C=O) groups excluding carboxylic acids is 2. The molecule has 1 aromatic heterocycles. The molecule has 0 spiro atoms. The summed E-state index contributed by atoms with van der Waals surface area (Å²) in [5.74, 6) is -0.695. The Kier molecular flexibility index (Phi) is 4.49. The Bertz CT molecular complexity index is 466. The van der Waals surface area contributed by atoms with Gasteiger partial charge in [0.25, 0.3) is 5.91 Å². The highest BCUT2D eigenvalue weighted by Gasteiger charge is 2.25. The number of rotatable bonds is 3. The first-order chi connectivity index (χ1) is 9.11. The average Bonchev–Trinajstić information content (AvgIpc) is 2.89. The predicted molar refractivity (Wildman–Crippen MR) is 69.2 cm³/mol. The van der Waals surface area contributed by atoms with Crippen LogP contribution in [0.3, 0.4) is 0 Å². The number of aliphatic hydroxyl groups excluding tert-OH is 1. The zero-order valence-electron chi connectivity index (χ0n) is 10.7. The van der Waals surface area contributed by atoms with Gasteiger partial charge in [-0.1, -0.05) is 0 Å². The van der Waals surface area contributed by atoms with Crippen LogP contribution >= 0.6 is 11.3 Å². The second-order valence-electron chi connectivity index (χ2n) is 4.28. The van der Waals surface area contributed by atoms with Crippen LogP contribution in [-0.4, -0.2) is 52.7 Å². The molecule has 1 aromatic rings. The molecule has 104 valence electrons. The molecule has 1 N–H and O–H groups in total. The Morgan fingerprint density at radius 3 is 2.84 bits per heavy atom. The van der Waals surface area contributed by atoms with Gasteiger partial charge in [-0.15, -0.1) is 11.3 Å². The lowest BCUT2D eigenvalue weighted by atomic mass is 10.1. The summed E-state index contributed by atoms with van der Waals surface area (Å²) in [5.41, 5.74) is 0.268. The van der Waals surface area contributed by atoms with E-state index in [0.29, 0.717) is 25.9 Å². The molecule has 6 nitrogen and oxygen atoms in total. The van der Waals surface area contributed by atoms with Crippen molar-refractivity contribution in [3.8, 4) is 0 Å². The number of ether oxygens (including phenoxy) is 1. The van der Waals surface area contributed by atoms with Crippen molar-refractivity contribution in [3.05, 3.63) is 16.1 Å². The van der Waals surface area contributed by atoms with Gasteiger partial charge in [0.15, 0.2) is 0 Å². The molecule has 1 aliphatic heterocycles. The van der Waals surface area contributed by atoms with Crippen molar-refractivity contribution in [3.63, 3.8) is 0 Å². The molecule has 0 radical (unpaired) electrons. The number of piperidine rings is 1. The van der Waals surface area contributed by atoms with Gasteiger partial charge in [0.2, 0.25) is 5.01 Å². The lowest BCUT2D eigenvalue weighted by molar-refractivity contribution is 0.0525. The first kappa shape index (κ1) is 14.0. The van der Waals surface area contributed by atoms with Crippen molar-refractivity contribution in [1.29, 1.82) is 0 Å². The van der Waals surface area contributed by atoms with Crippen molar-refractivity contribution in [2.45, 2.75) is 25.9 Å².